The van der Waals surface area contributed by atoms with Gasteiger partial charge >= 0.3 is 6.09 Å². The molecule has 0 rings (SSSR count). The molecule has 0 aromatic carbocycles. The van der Waals surface area contributed by atoms with Gasteiger partial charge in [-0.05, 0) is 13.8 Å². The first-order valence-electron chi connectivity index (χ1n) is 3.55. The van der Waals surface area contributed by atoms with E-state index < -0.39 is 12.8 Å². The van der Waals surface area contributed by atoms with Crippen molar-refractivity contribution >= 4 is 6.09 Å². The molecule has 0 unspecified atom stereocenters. The topological polar surface area (TPSA) is 29.5 Å². The quantitative estimate of drug-likeness (QED) is 0.630. The predicted octanol–water partition coefficient (Wildman–Crippen LogP) is 1.43. The Morgan fingerprint density at radius 1 is 1.64 bits per heavy atom. The Morgan fingerprint density at radius 2 is 2.18 bits per heavy atom. The van der Waals surface area contributed by atoms with Crippen molar-refractivity contribution in [1.29, 1.82) is 0 Å². The molecular formula is C7H14FNO2. The molecule has 4 heteroatoms. The Labute approximate surface area is 66.1 Å². The number of amides is 1. The average molecular weight is 163 g/mol. The Balaban J connectivity index is 3.64. The van der Waals surface area contributed by atoms with Gasteiger partial charge in [-0.25, -0.2) is 9.18 Å². The lowest BCUT2D eigenvalue weighted by molar-refractivity contribution is 0.0961. The largest absolute Gasteiger partial charge is 0.447 e. The van der Waals surface area contributed by atoms with Gasteiger partial charge in [0.2, 0.25) is 0 Å². The van der Waals surface area contributed by atoms with Crippen LogP contribution in [0.3, 0.4) is 0 Å². The zero-order valence-corrected chi connectivity index (χ0v) is 7.13. The fourth-order valence-corrected chi connectivity index (χ4v) is 0.439. The Hall–Kier alpha value is -0.800. The highest BCUT2D eigenvalue weighted by molar-refractivity contribution is 5.67. The highest BCUT2D eigenvalue weighted by Crippen LogP contribution is 1.96. The van der Waals surface area contributed by atoms with Gasteiger partial charge in [0.1, 0.15) is 13.3 Å². The SMILES string of the molecule is CC(C)N(C)C(=O)OCCF. The van der Waals surface area contributed by atoms with Crippen LogP contribution in [0, 0.1) is 0 Å². The molecule has 0 aromatic rings. The molecule has 0 spiro atoms. The number of nitrogens with zero attached hydrogens (tertiary/aromatic N) is 1. The minimum absolute atomic E-state index is 0.0853. The smallest absolute Gasteiger partial charge is 0.409 e. The molecule has 0 saturated carbocycles. The van der Waals surface area contributed by atoms with Crippen molar-refractivity contribution in [3.8, 4) is 0 Å². The Bertz CT molecular complexity index is 128. The van der Waals surface area contributed by atoms with Crippen molar-refractivity contribution in [1.82, 2.24) is 4.90 Å². The summed E-state index contributed by atoms with van der Waals surface area (Å²) in [6, 6.07) is 0.0853. The summed E-state index contributed by atoms with van der Waals surface area (Å²) < 4.78 is 16.0. The van der Waals surface area contributed by atoms with E-state index in [0.29, 0.717) is 0 Å². The number of carbonyl (C=O) groups excluding carboxylic acids is 1. The van der Waals surface area contributed by atoms with Gasteiger partial charge in [-0.2, -0.15) is 0 Å². The van der Waals surface area contributed by atoms with Crippen molar-refractivity contribution in [2.45, 2.75) is 19.9 Å². The molecule has 0 fully saturated rings. The fourth-order valence-electron chi connectivity index (χ4n) is 0.439. The van der Waals surface area contributed by atoms with Crippen LogP contribution in [0.15, 0.2) is 0 Å². The summed E-state index contributed by atoms with van der Waals surface area (Å²) in [4.78, 5) is 12.3. The molecule has 0 N–H and O–H groups in total. The minimum Gasteiger partial charge on any atom is -0.447 e. The summed E-state index contributed by atoms with van der Waals surface area (Å²) in [6.45, 7) is 2.93. The molecule has 0 atom stereocenters. The molecule has 0 aromatic heterocycles. The van der Waals surface area contributed by atoms with Crippen molar-refractivity contribution in [2.75, 3.05) is 20.3 Å². The highest BCUT2D eigenvalue weighted by atomic mass is 19.1. The summed E-state index contributed by atoms with van der Waals surface area (Å²) in [7, 11) is 1.62. The second-order valence-corrected chi connectivity index (χ2v) is 2.51. The predicted molar refractivity (Wildman–Crippen MR) is 40.2 cm³/mol. The lowest BCUT2D eigenvalue weighted by Gasteiger charge is -2.20. The molecule has 0 heterocycles. The van der Waals surface area contributed by atoms with E-state index in [2.05, 4.69) is 4.74 Å². The maximum Gasteiger partial charge on any atom is 0.409 e. The van der Waals surface area contributed by atoms with E-state index in [1.165, 1.54) is 4.90 Å². The third-order valence-electron chi connectivity index (χ3n) is 1.37. The number of carbonyl (C=O) groups is 1. The van der Waals surface area contributed by atoms with Crippen LogP contribution in [-0.2, 0) is 4.74 Å². The standard InChI is InChI=1S/C7H14FNO2/c1-6(2)9(3)7(10)11-5-4-8/h6H,4-5H2,1-3H3. The van der Waals surface area contributed by atoms with E-state index in [9.17, 15) is 9.18 Å². The molecule has 1 amide bonds. The van der Waals surface area contributed by atoms with Crippen molar-refractivity contribution < 1.29 is 13.9 Å². The molecule has 11 heavy (non-hydrogen) atoms. The number of hydrogen-bond donors (Lipinski definition) is 0. The van der Waals surface area contributed by atoms with Crippen LogP contribution in [0.5, 0.6) is 0 Å². The van der Waals surface area contributed by atoms with Crippen LogP contribution in [-0.4, -0.2) is 37.4 Å². The number of ether oxygens (including phenoxy) is 1. The summed E-state index contributed by atoms with van der Waals surface area (Å²) >= 11 is 0. The zero-order chi connectivity index (χ0) is 8.85. The van der Waals surface area contributed by atoms with E-state index in [1.54, 1.807) is 7.05 Å². The molecule has 0 bridgehead atoms. The van der Waals surface area contributed by atoms with Crippen LogP contribution in [0.2, 0.25) is 0 Å². The van der Waals surface area contributed by atoms with Crippen LogP contribution >= 0.6 is 0 Å². The van der Waals surface area contributed by atoms with Gasteiger partial charge in [-0.3, -0.25) is 0 Å². The van der Waals surface area contributed by atoms with Crippen molar-refractivity contribution in [2.24, 2.45) is 0 Å². The number of halogens is 1. The zero-order valence-electron chi connectivity index (χ0n) is 7.13. The van der Waals surface area contributed by atoms with Gasteiger partial charge in [0, 0.05) is 13.1 Å². The summed E-state index contributed by atoms with van der Waals surface area (Å²) in [5, 5.41) is 0. The number of rotatable bonds is 3. The second kappa shape index (κ2) is 4.93. The third-order valence-corrected chi connectivity index (χ3v) is 1.37. The highest BCUT2D eigenvalue weighted by Gasteiger charge is 2.11. The van der Waals surface area contributed by atoms with E-state index in [-0.39, 0.29) is 12.6 Å². The van der Waals surface area contributed by atoms with Crippen molar-refractivity contribution in [3.05, 3.63) is 0 Å². The normalized spacial score (nSPS) is 9.91. The molecular weight excluding hydrogens is 149 g/mol. The molecule has 0 aliphatic heterocycles. The number of alkyl halides is 1. The van der Waals surface area contributed by atoms with E-state index in [4.69, 9.17) is 0 Å². The van der Waals surface area contributed by atoms with E-state index >= 15 is 0 Å². The summed E-state index contributed by atoms with van der Waals surface area (Å²) in [5.74, 6) is 0. The molecule has 3 nitrogen and oxygen atoms in total. The molecule has 0 radical (unpaired) electrons. The van der Waals surface area contributed by atoms with Crippen molar-refractivity contribution in [3.63, 3.8) is 0 Å². The number of hydrogen-bond acceptors (Lipinski definition) is 2. The van der Waals surface area contributed by atoms with Crippen LogP contribution in [0.1, 0.15) is 13.8 Å². The van der Waals surface area contributed by atoms with Gasteiger partial charge in [0.05, 0.1) is 0 Å². The van der Waals surface area contributed by atoms with Gasteiger partial charge in [0.15, 0.2) is 0 Å². The molecule has 0 saturated heterocycles. The Kier molecular flexibility index (Phi) is 4.57. The first-order valence-corrected chi connectivity index (χ1v) is 3.55. The molecule has 0 aliphatic carbocycles. The maximum atomic E-state index is 11.5. The Morgan fingerprint density at radius 3 is 2.55 bits per heavy atom. The van der Waals surface area contributed by atoms with Gasteiger partial charge < -0.3 is 9.64 Å². The first-order chi connectivity index (χ1) is 5.09. The van der Waals surface area contributed by atoms with Crippen LogP contribution in [0.25, 0.3) is 0 Å². The van der Waals surface area contributed by atoms with Gasteiger partial charge in [-0.15, -0.1) is 0 Å². The first kappa shape index (κ1) is 10.2. The minimum atomic E-state index is -0.627. The van der Waals surface area contributed by atoms with Crippen LogP contribution < -0.4 is 0 Å². The molecule has 0 aliphatic rings. The monoisotopic (exact) mass is 163 g/mol. The van der Waals surface area contributed by atoms with Gasteiger partial charge in [-0.1, -0.05) is 0 Å². The maximum absolute atomic E-state index is 11.5. The van der Waals surface area contributed by atoms with E-state index in [0.717, 1.165) is 0 Å². The second-order valence-electron chi connectivity index (χ2n) is 2.51. The lowest BCUT2D eigenvalue weighted by Crippen LogP contribution is -2.33. The van der Waals surface area contributed by atoms with Gasteiger partial charge in [0.25, 0.3) is 0 Å². The lowest BCUT2D eigenvalue weighted by atomic mass is 10.4. The summed E-state index contributed by atoms with van der Waals surface area (Å²) in [6.07, 6.45) is -0.474. The fraction of sp³-hybridized carbons (Fsp3) is 0.857. The van der Waals surface area contributed by atoms with E-state index in [1.807, 2.05) is 13.8 Å². The summed E-state index contributed by atoms with van der Waals surface area (Å²) in [5.41, 5.74) is 0. The average Bonchev–Trinajstić information content (AvgIpc) is 1.98. The molecule has 66 valence electrons. The van der Waals surface area contributed by atoms with Crippen LogP contribution in [0.4, 0.5) is 9.18 Å². The third kappa shape index (κ3) is 3.80.